The molecule has 0 spiro atoms. The monoisotopic (exact) mass is 360 g/mol. The summed E-state index contributed by atoms with van der Waals surface area (Å²) in [5, 5.41) is 0. The molecule has 6 atom stereocenters. The highest BCUT2D eigenvalue weighted by molar-refractivity contribution is 5.98. The summed E-state index contributed by atoms with van der Waals surface area (Å²) in [5.74, 6) is 3.41. The second-order valence-electron chi connectivity index (χ2n) is 8.35. The van der Waals surface area contributed by atoms with Gasteiger partial charge in [0.1, 0.15) is 12.2 Å². The molecule has 4 fully saturated rings. The van der Waals surface area contributed by atoms with Crippen LogP contribution in [0.4, 0.5) is 0 Å². The van der Waals surface area contributed by atoms with E-state index >= 15 is 0 Å². The fraction of sp³-hybridized carbons (Fsp3) is 0.800. The van der Waals surface area contributed by atoms with Gasteiger partial charge in [0.05, 0.1) is 0 Å². The molecule has 4 aliphatic heterocycles. The second kappa shape index (κ2) is 7.21. The minimum atomic E-state index is -0.612. The van der Waals surface area contributed by atoms with Crippen LogP contribution in [0.25, 0.3) is 0 Å². The molecule has 4 aliphatic rings. The molecular formula is C20H28N2O4. The van der Waals surface area contributed by atoms with E-state index in [1.165, 1.54) is 25.7 Å². The summed E-state index contributed by atoms with van der Waals surface area (Å²) < 4.78 is 10.9. The number of carbonyl (C=O) groups is 2. The molecule has 6 heteroatoms. The van der Waals surface area contributed by atoms with E-state index in [0.717, 1.165) is 25.7 Å². The molecule has 0 radical (unpaired) electrons. The molecule has 6 nitrogen and oxygen atoms in total. The van der Waals surface area contributed by atoms with Crippen LogP contribution in [0.2, 0.25) is 0 Å². The molecule has 0 amide bonds. The third-order valence-corrected chi connectivity index (χ3v) is 6.92. The quantitative estimate of drug-likeness (QED) is 0.421. The average Bonchev–Trinajstić information content (AvgIpc) is 2.95. The van der Waals surface area contributed by atoms with Crippen molar-refractivity contribution in [3.8, 4) is 11.8 Å². The summed E-state index contributed by atoms with van der Waals surface area (Å²) in [4.78, 5) is 28.7. The van der Waals surface area contributed by atoms with Gasteiger partial charge < -0.3 is 19.3 Å². The molecule has 0 N–H and O–H groups in total. The van der Waals surface area contributed by atoms with Crippen molar-refractivity contribution in [1.29, 1.82) is 0 Å². The number of hydrogen-bond acceptors (Lipinski definition) is 6. The molecule has 4 bridgehead atoms. The number of hydrogen-bond donors (Lipinski definition) is 0. The van der Waals surface area contributed by atoms with E-state index in [-0.39, 0.29) is 12.2 Å². The maximum atomic E-state index is 12.0. The van der Waals surface area contributed by atoms with Crippen molar-refractivity contribution in [2.24, 2.45) is 0 Å². The van der Waals surface area contributed by atoms with Gasteiger partial charge in [0.2, 0.25) is 0 Å². The Bertz CT molecular complexity index is 559. The normalized spacial score (nSPS) is 39.2. The first-order valence-corrected chi connectivity index (χ1v) is 9.86. The van der Waals surface area contributed by atoms with E-state index in [1.54, 1.807) is 0 Å². The fourth-order valence-corrected chi connectivity index (χ4v) is 5.38. The number of fused-ring (bicyclic) bond motifs is 4. The number of nitrogens with zero attached hydrogens (tertiary/aromatic N) is 2. The minimum Gasteiger partial charge on any atom is -0.453 e. The first kappa shape index (κ1) is 17.8. The summed E-state index contributed by atoms with van der Waals surface area (Å²) in [6, 6.07) is 2.02. The molecule has 2 unspecified atom stereocenters. The van der Waals surface area contributed by atoms with Gasteiger partial charge in [0.15, 0.2) is 0 Å². The molecule has 0 aliphatic carbocycles. The lowest BCUT2D eigenvalue weighted by Crippen LogP contribution is -2.43. The Hall–Kier alpha value is -1.58. The highest BCUT2D eigenvalue weighted by Gasteiger charge is 2.40. The molecular weight excluding hydrogens is 332 g/mol. The van der Waals surface area contributed by atoms with Crippen LogP contribution in [0, 0.1) is 11.8 Å². The predicted molar refractivity (Wildman–Crippen MR) is 95.2 cm³/mol. The van der Waals surface area contributed by atoms with E-state index in [1.807, 2.05) is 0 Å². The average molecular weight is 360 g/mol. The Balaban J connectivity index is 1.24. The molecule has 0 aromatic rings. The molecule has 26 heavy (non-hydrogen) atoms. The SMILES string of the molecule is CN1[C@@H]2CC[C@H]1CC(OC(=O)C#CC(=O)OC1C[C@H]3CC[C@@H](C1)N3C)C2. The molecule has 4 saturated heterocycles. The lowest BCUT2D eigenvalue weighted by atomic mass is 10.0. The summed E-state index contributed by atoms with van der Waals surface area (Å²) in [6.07, 6.45) is 7.99. The zero-order valence-corrected chi connectivity index (χ0v) is 15.6. The summed E-state index contributed by atoms with van der Waals surface area (Å²) in [7, 11) is 4.29. The van der Waals surface area contributed by atoms with Crippen molar-refractivity contribution in [2.45, 2.75) is 87.7 Å². The van der Waals surface area contributed by atoms with Gasteiger partial charge in [-0.15, -0.1) is 0 Å². The van der Waals surface area contributed by atoms with E-state index in [9.17, 15) is 9.59 Å². The Labute approximate surface area is 155 Å². The first-order valence-electron chi connectivity index (χ1n) is 9.86. The zero-order valence-electron chi connectivity index (χ0n) is 15.6. The Morgan fingerprint density at radius 2 is 1.00 bits per heavy atom. The number of carbonyl (C=O) groups excluding carboxylic acids is 2. The van der Waals surface area contributed by atoms with Crippen LogP contribution < -0.4 is 0 Å². The standard InChI is InChI=1S/C20H28N2O4/c1-21-13-3-4-14(21)10-17(9-13)25-19(23)7-8-20(24)26-18-11-15-5-6-16(12-18)22(15)2/h13-18H,3-6,9-12H2,1-2H3/t13-,14+,15-,16+,17?,18?. The number of rotatable bonds is 2. The molecule has 4 heterocycles. The molecule has 0 aromatic heterocycles. The van der Waals surface area contributed by atoms with E-state index in [0.29, 0.717) is 24.2 Å². The highest BCUT2D eigenvalue weighted by Crippen LogP contribution is 2.36. The third-order valence-electron chi connectivity index (χ3n) is 6.92. The van der Waals surface area contributed by atoms with Gasteiger partial charge in [0, 0.05) is 61.7 Å². The van der Waals surface area contributed by atoms with Gasteiger partial charge in [-0.25, -0.2) is 9.59 Å². The Morgan fingerprint density at radius 1 is 0.692 bits per heavy atom. The van der Waals surface area contributed by atoms with Gasteiger partial charge in [-0.1, -0.05) is 0 Å². The van der Waals surface area contributed by atoms with Crippen molar-refractivity contribution in [3.63, 3.8) is 0 Å². The third kappa shape index (κ3) is 3.60. The van der Waals surface area contributed by atoms with Crippen LogP contribution in [-0.4, -0.2) is 72.2 Å². The van der Waals surface area contributed by atoms with E-state index in [4.69, 9.17) is 9.47 Å². The maximum Gasteiger partial charge on any atom is 0.385 e. The number of piperidine rings is 2. The van der Waals surface area contributed by atoms with Crippen molar-refractivity contribution in [2.75, 3.05) is 14.1 Å². The Kier molecular flexibility index (Phi) is 4.94. The van der Waals surface area contributed by atoms with Gasteiger partial charge in [-0.05, 0) is 39.8 Å². The van der Waals surface area contributed by atoms with Crippen LogP contribution in [0.15, 0.2) is 0 Å². The van der Waals surface area contributed by atoms with Gasteiger partial charge >= 0.3 is 11.9 Å². The van der Waals surface area contributed by atoms with Crippen molar-refractivity contribution >= 4 is 11.9 Å². The smallest absolute Gasteiger partial charge is 0.385 e. The van der Waals surface area contributed by atoms with Crippen LogP contribution in [0.3, 0.4) is 0 Å². The minimum absolute atomic E-state index is 0.0778. The van der Waals surface area contributed by atoms with Crippen LogP contribution in [-0.2, 0) is 19.1 Å². The van der Waals surface area contributed by atoms with Gasteiger partial charge in [-0.3, -0.25) is 0 Å². The Morgan fingerprint density at radius 3 is 1.31 bits per heavy atom. The molecule has 142 valence electrons. The predicted octanol–water partition coefficient (Wildman–Crippen LogP) is 1.33. The zero-order chi connectivity index (χ0) is 18.3. The number of ether oxygens (including phenoxy) is 2. The summed E-state index contributed by atoms with van der Waals surface area (Å²) >= 11 is 0. The van der Waals surface area contributed by atoms with E-state index in [2.05, 4.69) is 35.7 Å². The van der Waals surface area contributed by atoms with Crippen LogP contribution in [0.5, 0.6) is 0 Å². The molecule has 4 rings (SSSR count). The first-order chi connectivity index (χ1) is 12.5. The van der Waals surface area contributed by atoms with E-state index < -0.39 is 11.9 Å². The second-order valence-corrected chi connectivity index (χ2v) is 8.35. The van der Waals surface area contributed by atoms with Gasteiger partial charge in [-0.2, -0.15) is 0 Å². The summed E-state index contributed by atoms with van der Waals surface area (Å²) in [5.41, 5.74) is 0. The van der Waals surface area contributed by atoms with Crippen LogP contribution in [0.1, 0.15) is 51.4 Å². The lowest BCUT2D eigenvalue weighted by Gasteiger charge is -2.35. The summed E-state index contributed by atoms with van der Waals surface area (Å²) in [6.45, 7) is 0. The fourth-order valence-electron chi connectivity index (χ4n) is 5.38. The maximum absolute atomic E-state index is 12.0. The molecule has 0 aromatic carbocycles. The molecule has 0 saturated carbocycles. The largest absolute Gasteiger partial charge is 0.453 e. The van der Waals surface area contributed by atoms with Crippen LogP contribution >= 0.6 is 0 Å². The lowest BCUT2D eigenvalue weighted by molar-refractivity contribution is -0.147. The van der Waals surface area contributed by atoms with Crippen molar-refractivity contribution < 1.29 is 19.1 Å². The number of esters is 2. The highest BCUT2D eigenvalue weighted by atomic mass is 16.5. The van der Waals surface area contributed by atoms with Crippen molar-refractivity contribution in [3.05, 3.63) is 0 Å². The van der Waals surface area contributed by atoms with Crippen molar-refractivity contribution in [1.82, 2.24) is 9.80 Å². The van der Waals surface area contributed by atoms with Gasteiger partial charge in [0.25, 0.3) is 0 Å². The topological polar surface area (TPSA) is 59.1 Å².